The van der Waals surface area contributed by atoms with Crippen LogP contribution in [-0.2, 0) is 6.42 Å². The summed E-state index contributed by atoms with van der Waals surface area (Å²) in [6, 6.07) is 11.8. The molecule has 1 heterocycles. The van der Waals surface area contributed by atoms with Crippen molar-refractivity contribution >= 4 is 0 Å². The second-order valence-electron chi connectivity index (χ2n) is 6.93. The molecule has 0 radical (unpaired) electrons. The first-order valence-electron chi connectivity index (χ1n) is 8.90. The molecule has 1 N–H and O–H groups in total. The fourth-order valence-electron chi connectivity index (χ4n) is 3.45. The zero-order chi connectivity index (χ0) is 14.3. The maximum absolute atomic E-state index is 3.71. The molecule has 1 atom stereocenters. The number of hydrogen-bond donors (Lipinski definition) is 1. The molecule has 1 unspecified atom stereocenters. The molecule has 0 aromatic heterocycles. The van der Waals surface area contributed by atoms with Crippen molar-refractivity contribution < 1.29 is 0 Å². The molecule has 3 rings (SSSR count). The predicted molar refractivity (Wildman–Crippen MR) is 89.6 cm³/mol. The van der Waals surface area contributed by atoms with Gasteiger partial charge in [0.1, 0.15) is 0 Å². The van der Waals surface area contributed by atoms with Crippen molar-refractivity contribution in [2.75, 3.05) is 26.2 Å². The second-order valence-corrected chi connectivity index (χ2v) is 6.93. The van der Waals surface area contributed by atoms with E-state index in [9.17, 15) is 0 Å². The standard InChI is InChI=1S/C19H30N2/c1-2-7-17(8-3-1)9-4-5-13-21-14-6-10-18(16-21)15-20-19-11-12-19/h1-3,7-8,18-20H,4-6,9-16H2. The highest BCUT2D eigenvalue weighted by atomic mass is 15.1. The maximum Gasteiger partial charge on any atom is 0.00683 e. The molecule has 1 aliphatic heterocycles. The molecule has 0 amide bonds. The lowest BCUT2D eigenvalue weighted by atomic mass is 9.97. The van der Waals surface area contributed by atoms with Gasteiger partial charge in [-0.1, -0.05) is 30.3 Å². The van der Waals surface area contributed by atoms with Crippen LogP contribution in [0.5, 0.6) is 0 Å². The van der Waals surface area contributed by atoms with Gasteiger partial charge in [0, 0.05) is 12.6 Å². The van der Waals surface area contributed by atoms with Crippen molar-refractivity contribution in [2.45, 2.75) is 51.0 Å². The van der Waals surface area contributed by atoms with E-state index in [0.29, 0.717) is 0 Å². The summed E-state index contributed by atoms with van der Waals surface area (Å²) in [7, 11) is 0. The smallest absolute Gasteiger partial charge is 0.00683 e. The van der Waals surface area contributed by atoms with Gasteiger partial charge in [0.25, 0.3) is 0 Å². The van der Waals surface area contributed by atoms with Crippen molar-refractivity contribution in [3.05, 3.63) is 35.9 Å². The van der Waals surface area contributed by atoms with Crippen molar-refractivity contribution in [1.29, 1.82) is 0 Å². The third kappa shape index (κ3) is 5.44. The van der Waals surface area contributed by atoms with Crippen LogP contribution in [0.4, 0.5) is 0 Å². The zero-order valence-electron chi connectivity index (χ0n) is 13.3. The van der Waals surface area contributed by atoms with Crippen LogP contribution in [0.25, 0.3) is 0 Å². The Morgan fingerprint density at radius 2 is 1.90 bits per heavy atom. The lowest BCUT2D eigenvalue weighted by molar-refractivity contribution is 0.169. The van der Waals surface area contributed by atoms with Crippen LogP contribution >= 0.6 is 0 Å². The lowest BCUT2D eigenvalue weighted by Gasteiger charge is -2.33. The Morgan fingerprint density at radius 3 is 2.71 bits per heavy atom. The molecule has 21 heavy (non-hydrogen) atoms. The van der Waals surface area contributed by atoms with Crippen LogP contribution in [0.15, 0.2) is 30.3 Å². The number of nitrogens with zero attached hydrogens (tertiary/aromatic N) is 1. The molecule has 1 aliphatic carbocycles. The lowest BCUT2D eigenvalue weighted by Crippen LogP contribution is -2.40. The Balaban J connectivity index is 1.29. The molecule has 0 bridgehead atoms. The minimum absolute atomic E-state index is 0.867. The van der Waals surface area contributed by atoms with Gasteiger partial charge in [0.15, 0.2) is 0 Å². The number of benzene rings is 1. The largest absolute Gasteiger partial charge is 0.314 e. The molecule has 116 valence electrons. The molecule has 2 nitrogen and oxygen atoms in total. The molecular weight excluding hydrogens is 256 g/mol. The van der Waals surface area contributed by atoms with Gasteiger partial charge in [-0.05, 0) is 76.1 Å². The summed E-state index contributed by atoms with van der Waals surface area (Å²) in [6.07, 6.45) is 9.56. The quantitative estimate of drug-likeness (QED) is 0.736. The van der Waals surface area contributed by atoms with Gasteiger partial charge in [-0.2, -0.15) is 0 Å². The fourth-order valence-corrected chi connectivity index (χ4v) is 3.45. The number of piperidine rings is 1. The first-order valence-corrected chi connectivity index (χ1v) is 8.90. The van der Waals surface area contributed by atoms with Gasteiger partial charge < -0.3 is 10.2 Å². The molecule has 2 fully saturated rings. The number of hydrogen-bond acceptors (Lipinski definition) is 2. The zero-order valence-corrected chi connectivity index (χ0v) is 13.3. The van der Waals surface area contributed by atoms with E-state index in [-0.39, 0.29) is 0 Å². The molecule has 2 aliphatic rings. The summed E-state index contributed by atoms with van der Waals surface area (Å²) in [6.45, 7) is 5.20. The van der Waals surface area contributed by atoms with Gasteiger partial charge in [0.2, 0.25) is 0 Å². The summed E-state index contributed by atoms with van der Waals surface area (Å²) >= 11 is 0. The summed E-state index contributed by atoms with van der Waals surface area (Å²) in [5.74, 6) is 0.897. The summed E-state index contributed by atoms with van der Waals surface area (Å²) in [5.41, 5.74) is 1.49. The van der Waals surface area contributed by atoms with E-state index >= 15 is 0 Å². The normalized spacial score (nSPS) is 23.3. The van der Waals surface area contributed by atoms with Crippen LogP contribution in [0, 0.1) is 5.92 Å². The van der Waals surface area contributed by atoms with E-state index in [0.717, 1.165) is 12.0 Å². The minimum atomic E-state index is 0.867. The Bertz CT molecular complexity index is 399. The van der Waals surface area contributed by atoms with Gasteiger partial charge in [0.05, 0.1) is 0 Å². The summed E-state index contributed by atoms with van der Waals surface area (Å²) < 4.78 is 0. The van der Waals surface area contributed by atoms with Gasteiger partial charge >= 0.3 is 0 Å². The first kappa shape index (κ1) is 15.1. The van der Waals surface area contributed by atoms with E-state index in [2.05, 4.69) is 40.5 Å². The second kappa shape index (κ2) is 7.95. The number of nitrogens with one attached hydrogen (secondary N) is 1. The third-order valence-electron chi connectivity index (χ3n) is 4.91. The maximum atomic E-state index is 3.71. The Labute approximate surface area is 129 Å². The predicted octanol–water partition coefficient (Wildman–Crippen LogP) is 3.47. The van der Waals surface area contributed by atoms with Gasteiger partial charge in [-0.3, -0.25) is 0 Å². The third-order valence-corrected chi connectivity index (χ3v) is 4.91. The molecule has 0 spiro atoms. The minimum Gasteiger partial charge on any atom is -0.314 e. The molecule has 1 saturated heterocycles. The highest BCUT2D eigenvalue weighted by molar-refractivity contribution is 5.14. The van der Waals surface area contributed by atoms with E-state index in [4.69, 9.17) is 0 Å². The summed E-state index contributed by atoms with van der Waals surface area (Å²) in [4.78, 5) is 2.70. The topological polar surface area (TPSA) is 15.3 Å². The average molecular weight is 286 g/mol. The number of unbranched alkanes of at least 4 members (excludes halogenated alkanes) is 1. The highest BCUT2D eigenvalue weighted by Gasteiger charge is 2.24. The van der Waals surface area contributed by atoms with E-state index in [1.165, 1.54) is 76.7 Å². The number of aryl methyl sites for hydroxylation is 1. The molecule has 2 heteroatoms. The number of rotatable bonds is 8. The monoisotopic (exact) mass is 286 g/mol. The average Bonchev–Trinajstić information content (AvgIpc) is 3.35. The van der Waals surface area contributed by atoms with Crippen molar-refractivity contribution in [2.24, 2.45) is 5.92 Å². The Morgan fingerprint density at radius 1 is 1.05 bits per heavy atom. The van der Waals surface area contributed by atoms with E-state index < -0.39 is 0 Å². The van der Waals surface area contributed by atoms with Crippen LogP contribution in [0.2, 0.25) is 0 Å². The van der Waals surface area contributed by atoms with Crippen LogP contribution < -0.4 is 5.32 Å². The highest BCUT2D eigenvalue weighted by Crippen LogP contribution is 2.21. The summed E-state index contributed by atoms with van der Waals surface area (Å²) in [5, 5.41) is 3.71. The number of likely N-dealkylation sites (tertiary alicyclic amines) is 1. The van der Waals surface area contributed by atoms with Crippen LogP contribution in [0.3, 0.4) is 0 Å². The van der Waals surface area contributed by atoms with Gasteiger partial charge in [-0.25, -0.2) is 0 Å². The van der Waals surface area contributed by atoms with Crippen molar-refractivity contribution in [3.8, 4) is 0 Å². The Hall–Kier alpha value is -0.860. The van der Waals surface area contributed by atoms with E-state index in [1.807, 2.05) is 0 Å². The van der Waals surface area contributed by atoms with E-state index in [1.54, 1.807) is 0 Å². The first-order chi connectivity index (χ1) is 10.4. The molecule has 1 saturated carbocycles. The van der Waals surface area contributed by atoms with Gasteiger partial charge in [-0.15, -0.1) is 0 Å². The van der Waals surface area contributed by atoms with Crippen molar-refractivity contribution in [3.63, 3.8) is 0 Å². The molecule has 1 aromatic rings. The van der Waals surface area contributed by atoms with Crippen LogP contribution in [-0.4, -0.2) is 37.1 Å². The van der Waals surface area contributed by atoms with Crippen molar-refractivity contribution in [1.82, 2.24) is 10.2 Å². The fraction of sp³-hybridized carbons (Fsp3) is 0.684. The molecular formula is C19H30N2. The molecule has 1 aromatic carbocycles. The van der Waals surface area contributed by atoms with Crippen LogP contribution in [0.1, 0.15) is 44.1 Å². The SMILES string of the molecule is c1ccc(CCCCN2CCCC(CNC3CC3)C2)cc1. The Kier molecular flexibility index (Phi) is 5.70.